The number of nitrogens with zero attached hydrogens (tertiary/aromatic N) is 1. The molecule has 1 amide bonds. The second-order valence-corrected chi connectivity index (χ2v) is 5.64. The molecule has 142 valence electrons. The monoisotopic (exact) mass is 374 g/mol. The van der Waals surface area contributed by atoms with Gasteiger partial charge in [-0.3, -0.25) is 14.9 Å². The van der Waals surface area contributed by atoms with E-state index >= 15 is 0 Å². The van der Waals surface area contributed by atoms with Crippen molar-refractivity contribution in [2.45, 2.75) is 6.42 Å². The maximum atomic E-state index is 12.1. The molecule has 1 heterocycles. The number of ether oxygens (including phenoxy) is 4. The molecule has 0 spiro atoms. The summed E-state index contributed by atoms with van der Waals surface area (Å²) in [6.45, 7) is 0.726. The third-order valence-electron chi connectivity index (χ3n) is 3.75. The Balaban J connectivity index is 1.63. The molecular weight excluding hydrogens is 356 g/mol. The molecule has 0 radical (unpaired) electrons. The van der Waals surface area contributed by atoms with Crippen LogP contribution in [-0.4, -0.2) is 37.8 Å². The molecule has 0 aliphatic carbocycles. The maximum Gasteiger partial charge on any atom is 0.314 e. The lowest BCUT2D eigenvalue weighted by Crippen LogP contribution is -2.20. The first-order chi connectivity index (χ1) is 13.1. The van der Waals surface area contributed by atoms with Crippen LogP contribution in [0.2, 0.25) is 0 Å². The van der Waals surface area contributed by atoms with Gasteiger partial charge >= 0.3 is 5.69 Å². The smallest absolute Gasteiger partial charge is 0.314 e. The van der Waals surface area contributed by atoms with Crippen LogP contribution >= 0.6 is 0 Å². The second kappa shape index (κ2) is 8.26. The van der Waals surface area contributed by atoms with Crippen molar-refractivity contribution >= 4 is 17.3 Å². The van der Waals surface area contributed by atoms with Gasteiger partial charge in [-0.1, -0.05) is 0 Å². The zero-order chi connectivity index (χ0) is 19.2. The highest BCUT2D eigenvalue weighted by atomic mass is 16.6. The standard InChI is InChI=1S/C18H18N2O7/c1-24-13-4-6-15(14(10-13)20(22)23)27-11-18(21)19-12-3-5-16-17(9-12)26-8-2-7-25-16/h3-6,9-10H,2,7-8,11H2,1H3,(H,19,21). The van der Waals surface area contributed by atoms with E-state index in [2.05, 4.69) is 5.32 Å². The van der Waals surface area contributed by atoms with Gasteiger partial charge in [-0.15, -0.1) is 0 Å². The lowest BCUT2D eigenvalue weighted by atomic mass is 10.2. The van der Waals surface area contributed by atoms with E-state index in [1.54, 1.807) is 18.2 Å². The number of hydrogen-bond acceptors (Lipinski definition) is 7. The molecule has 1 aliphatic heterocycles. The third kappa shape index (κ3) is 4.57. The van der Waals surface area contributed by atoms with Gasteiger partial charge in [-0.2, -0.15) is 0 Å². The largest absolute Gasteiger partial charge is 0.496 e. The van der Waals surface area contributed by atoms with Gasteiger partial charge in [0.2, 0.25) is 0 Å². The minimum absolute atomic E-state index is 0.0189. The number of fused-ring (bicyclic) bond motifs is 1. The van der Waals surface area contributed by atoms with E-state index in [1.165, 1.54) is 25.3 Å². The van der Waals surface area contributed by atoms with Crippen molar-refractivity contribution in [1.29, 1.82) is 0 Å². The Morgan fingerprint density at radius 3 is 2.70 bits per heavy atom. The highest BCUT2D eigenvalue weighted by Crippen LogP contribution is 2.33. The van der Waals surface area contributed by atoms with Crippen LogP contribution in [0, 0.1) is 10.1 Å². The first kappa shape index (κ1) is 18.3. The molecule has 0 fully saturated rings. The number of hydrogen-bond donors (Lipinski definition) is 1. The topological polar surface area (TPSA) is 109 Å². The average Bonchev–Trinajstić information content (AvgIpc) is 2.91. The number of methoxy groups -OCH3 is 1. The molecular formula is C18H18N2O7. The number of nitro benzene ring substituents is 1. The Morgan fingerprint density at radius 2 is 1.96 bits per heavy atom. The summed E-state index contributed by atoms with van der Waals surface area (Å²) < 4.78 is 21.4. The van der Waals surface area contributed by atoms with Gasteiger partial charge in [-0.05, 0) is 24.3 Å². The summed E-state index contributed by atoms with van der Waals surface area (Å²) in [5, 5.41) is 13.8. The molecule has 0 saturated carbocycles. The fourth-order valence-electron chi connectivity index (χ4n) is 2.47. The van der Waals surface area contributed by atoms with Gasteiger partial charge in [0.05, 0.1) is 31.3 Å². The van der Waals surface area contributed by atoms with Crippen molar-refractivity contribution in [3.05, 3.63) is 46.5 Å². The fourth-order valence-corrected chi connectivity index (χ4v) is 2.47. The third-order valence-corrected chi connectivity index (χ3v) is 3.75. The van der Waals surface area contributed by atoms with Crippen molar-refractivity contribution in [3.63, 3.8) is 0 Å². The molecule has 2 aromatic rings. The van der Waals surface area contributed by atoms with E-state index in [1.807, 2.05) is 0 Å². The summed E-state index contributed by atoms with van der Waals surface area (Å²) in [6.07, 6.45) is 0.783. The molecule has 9 heteroatoms. The second-order valence-electron chi connectivity index (χ2n) is 5.64. The number of rotatable bonds is 6. The van der Waals surface area contributed by atoms with E-state index in [0.717, 1.165) is 6.42 Å². The van der Waals surface area contributed by atoms with Gasteiger partial charge < -0.3 is 24.3 Å². The normalized spacial score (nSPS) is 12.6. The molecule has 3 rings (SSSR count). The Bertz CT molecular complexity index is 854. The molecule has 27 heavy (non-hydrogen) atoms. The van der Waals surface area contributed by atoms with Crippen LogP contribution in [0.3, 0.4) is 0 Å². The number of benzene rings is 2. The predicted molar refractivity (Wildman–Crippen MR) is 95.8 cm³/mol. The number of carbonyl (C=O) groups is 1. The Hall–Kier alpha value is -3.49. The Kier molecular flexibility index (Phi) is 5.60. The summed E-state index contributed by atoms with van der Waals surface area (Å²) in [7, 11) is 1.41. The molecule has 9 nitrogen and oxygen atoms in total. The van der Waals surface area contributed by atoms with Crippen LogP contribution in [0.5, 0.6) is 23.0 Å². The summed E-state index contributed by atoms with van der Waals surface area (Å²) in [5.74, 6) is 1.02. The van der Waals surface area contributed by atoms with E-state index in [9.17, 15) is 14.9 Å². The van der Waals surface area contributed by atoms with Crippen LogP contribution in [0.1, 0.15) is 6.42 Å². The van der Waals surface area contributed by atoms with Crippen LogP contribution in [0.15, 0.2) is 36.4 Å². The fraction of sp³-hybridized carbons (Fsp3) is 0.278. The molecule has 0 unspecified atom stereocenters. The van der Waals surface area contributed by atoms with Gasteiger partial charge in [0, 0.05) is 18.2 Å². The minimum atomic E-state index is -0.598. The quantitative estimate of drug-likeness (QED) is 0.611. The lowest BCUT2D eigenvalue weighted by Gasteiger charge is -2.11. The molecule has 0 aromatic heterocycles. The summed E-state index contributed by atoms with van der Waals surface area (Å²) in [4.78, 5) is 22.7. The summed E-state index contributed by atoms with van der Waals surface area (Å²) in [6, 6.07) is 9.19. The van der Waals surface area contributed by atoms with Crippen molar-refractivity contribution in [2.75, 3.05) is 32.2 Å². The first-order valence-corrected chi connectivity index (χ1v) is 8.21. The zero-order valence-electron chi connectivity index (χ0n) is 14.6. The van der Waals surface area contributed by atoms with Crippen molar-refractivity contribution in [3.8, 4) is 23.0 Å². The van der Waals surface area contributed by atoms with Gasteiger partial charge in [-0.25, -0.2) is 0 Å². The van der Waals surface area contributed by atoms with Gasteiger partial charge in [0.1, 0.15) is 5.75 Å². The van der Waals surface area contributed by atoms with Crippen LogP contribution < -0.4 is 24.3 Å². The van der Waals surface area contributed by atoms with Crippen LogP contribution in [-0.2, 0) is 4.79 Å². The minimum Gasteiger partial charge on any atom is -0.496 e. The van der Waals surface area contributed by atoms with E-state index in [0.29, 0.717) is 36.1 Å². The van der Waals surface area contributed by atoms with Gasteiger partial charge in [0.15, 0.2) is 23.9 Å². The van der Waals surface area contributed by atoms with Crippen molar-refractivity contribution in [1.82, 2.24) is 0 Å². The number of anilines is 1. The summed E-state index contributed by atoms with van der Waals surface area (Å²) >= 11 is 0. The van der Waals surface area contributed by atoms with Gasteiger partial charge in [0.25, 0.3) is 5.91 Å². The SMILES string of the molecule is COc1ccc(OCC(=O)Nc2ccc3c(c2)OCCCO3)c([N+](=O)[O-])c1. The van der Waals surface area contributed by atoms with Crippen LogP contribution in [0.25, 0.3) is 0 Å². The van der Waals surface area contributed by atoms with Crippen LogP contribution in [0.4, 0.5) is 11.4 Å². The van der Waals surface area contributed by atoms with E-state index in [4.69, 9.17) is 18.9 Å². The van der Waals surface area contributed by atoms with Crippen molar-refractivity contribution in [2.24, 2.45) is 0 Å². The highest BCUT2D eigenvalue weighted by molar-refractivity contribution is 5.92. The molecule has 0 saturated heterocycles. The zero-order valence-corrected chi connectivity index (χ0v) is 14.6. The number of carbonyl (C=O) groups excluding carboxylic acids is 1. The lowest BCUT2D eigenvalue weighted by molar-refractivity contribution is -0.385. The maximum absolute atomic E-state index is 12.1. The Labute approximate surface area is 154 Å². The number of nitrogens with one attached hydrogen (secondary N) is 1. The molecule has 1 N–H and O–H groups in total. The molecule has 0 atom stereocenters. The highest BCUT2D eigenvalue weighted by Gasteiger charge is 2.18. The Morgan fingerprint density at radius 1 is 1.19 bits per heavy atom. The first-order valence-electron chi connectivity index (χ1n) is 8.21. The average molecular weight is 374 g/mol. The predicted octanol–water partition coefficient (Wildman–Crippen LogP) is 2.78. The number of nitro groups is 1. The summed E-state index contributed by atoms with van der Waals surface area (Å²) in [5.41, 5.74) is 0.231. The van der Waals surface area contributed by atoms with E-state index in [-0.39, 0.29) is 18.0 Å². The molecule has 2 aromatic carbocycles. The number of amides is 1. The molecule has 1 aliphatic rings. The van der Waals surface area contributed by atoms with E-state index < -0.39 is 10.8 Å². The van der Waals surface area contributed by atoms with Crippen molar-refractivity contribution < 1.29 is 28.7 Å². The molecule has 0 bridgehead atoms.